The van der Waals surface area contributed by atoms with E-state index in [0.29, 0.717) is 0 Å². The van der Waals surface area contributed by atoms with Gasteiger partial charge in [-0.25, -0.2) is 0 Å². The number of fused-ring (bicyclic) bond motifs is 16. The smallest absolute Gasteiger partial charge is 0.252 e. The van der Waals surface area contributed by atoms with Crippen LogP contribution in [0.5, 0.6) is 0 Å². The van der Waals surface area contributed by atoms with Crippen molar-refractivity contribution in [3.05, 3.63) is 392 Å². The third-order valence-electron chi connectivity index (χ3n) is 28.1. The van der Waals surface area contributed by atoms with Crippen LogP contribution in [-0.2, 0) is 27.1 Å². The summed E-state index contributed by atoms with van der Waals surface area (Å²) in [5.41, 5.74) is 38.8. The lowest BCUT2D eigenvalue weighted by atomic mass is 9.33. The van der Waals surface area contributed by atoms with Crippen LogP contribution < -0.4 is 26.2 Å². The van der Waals surface area contributed by atoms with E-state index in [0.717, 1.165) is 134 Å². The van der Waals surface area contributed by atoms with E-state index in [1.54, 1.807) is 0 Å². The summed E-state index contributed by atoms with van der Waals surface area (Å²) in [6.07, 6.45) is 0. The molecule has 0 spiro atoms. The summed E-state index contributed by atoms with van der Waals surface area (Å²) < 4.78 is 10.1. The van der Waals surface area contributed by atoms with Gasteiger partial charge < -0.3 is 28.1 Å². The summed E-state index contributed by atoms with van der Waals surface area (Å²) in [5, 5.41) is 9.72. The van der Waals surface area contributed by atoms with Gasteiger partial charge in [0.1, 0.15) is 0 Å². The maximum Gasteiger partial charge on any atom is 0.252 e. The van der Waals surface area contributed by atoms with Crippen molar-refractivity contribution in [2.45, 2.75) is 131 Å². The molecular weight excluding hydrogens is 1560 g/mol. The number of nitrogens with zero attached hydrogens (tertiary/aromatic N) is 6. The highest BCUT2D eigenvalue weighted by atomic mass is 15.2. The van der Waals surface area contributed by atoms with E-state index in [1.165, 1.54) is 98.3 Å². The Morgan fingerprint density at radius 2 is 0.450 bits per heavy atom. The summed E-state index contributed by atoms with van der Waals surface area (Å²) >= 11 is 0. The number of para-hydroxylation sites is 8. The van der Waals surface area contributed by atoms with Crippen molar-refractivity contribution in [2.75, 3.05) is 9.80 Å². The fraction of sp³-hybridized carbons (Fsp3) is 0.164. The van der Waals surface area contributed by atoms with Gasteiger partial charge in [0.2, 0.25) is 0 Å². The lowest BCUT2D eigenvalue weighted by Gasteiger charge is -2.46. The summed E-state index contributed by atoms with van der Waals surface area (Å²) in [6.45, 7) is 34.8. The second-order valence-corrected chi connectivity index (χ2v) is 41.3. The summed E-state index contributed by atoms with van der Waals surface area (Å²) in [7, 11) is 0. The van der Waals surface area contributed by atoms with Gasteiger partial charge in [-0.15, -0.1) is 0 Å². The molecule has 0 N–H and O–H groups in total. The Kier molecular flexibility index (Phi) is 17.9. The fourth-order valence-corrected chi connectivity index (χ4v) is 21.4. The molecule has 4 aromatic heterocycles. The average Bonchev–Trinajstić information content (AvgIpc) is 0.742. The Morgan fingerprint density at radius 1 is 0.186 bits per heavy atom. The van der Waals surface area contributed by atoms with E-state index in [9.17, 15) is 0 Å². The summed E-state index contributed by atoms with van der Waals surface area (Å²) in [4.78, 5) is 5.52. The monoisotopic (exact) mass is 1660 g/mol. The van der Waals surface area contributed by atoms with E-state index in [4.69, 9.17) is 0 Å². The minimum absolute atomic E-state index is 0.0766. The molecule has 626 valence electrons. The Hall–Kier alpha value is -14.4. The predicted molar refractivity (Wildman–Crippen MR) is 553 cm³/mol. The molecule has 0 bridgehead atoms. The van der Waals surface area contributed by atoms with Gasteiger partial charge in [0, 0.05) is 111 Å². The lowest BCUT2D eigenvalue weighted by molar-refractivity contribution is 0.590. The minimum Gasteiger partial charge on any atom is -0.310 e. The van der Waals surface area contributed by atoms with Crippen molar-refractivity contribution in [2.24, 2.45) is 0 Å². The molecule has 0 atom stereocenters. The first-order valence-electron chi connectivity index (χ1n) is 46.0. The van der Waals surface area contributed by atoms with E-state index in [-0.39, 0.29) is 28.4 Å². The van der Waals surface area contributed by atoms with Crippen LogP contribution in [-0.4, -0.2) is 25.0 Å². The van der Waals surface area contributed by atoms with Crippen molar-refractivity contribution in [1.82, 2.24) is 18.3 Å². The number of hydrogen-bond acceptors (Lipinski definition) is 2. The van der Waals surface area contributed by atoms with Crippen LogP contribution in [0.1, 0.15) is 132 Å². The fourth-order valence-electron chi connectivity index (χ4n) is 21.4. The van der Waals surface area contributed by atoms with Crippen molar-refractivity contribution >= 4 is 144 Å². The number of rotatable bonds is 10. The Bertz CT molecular complexity index is 7520. The van der Waals surface area contributed by atoms with Gasteiger partial charge in [-0.05, 0) is 203 Å². The van der Waals surface area contributed by atoms with Crippen molar-refractivity contribution in [3.8, 4) is 67.3 Å². The quantitative estimate of drug-likeness (QED) is 0.128. The Labute approximate surface area is 757 Å². The second-order valence-electron chi connectivity index (χ2n) is 41.3. The molecule has 17 aromatic carbocycles. The highest BCUT2D eigenvalue weighted by Gasteiger charge is 2.47. The molecule has 0 saturated heterocycles. The van der Waals surface area contributed by atoms with E-state index < -0.39 is 5.41 Å². The maximum absolute atomic E-state index is 2.76. The molecule has 21 aromatic rings. The standard InChI is InChI=1S/C122H105BN6/c1-118(2,3)80-56-48-76(49-57-80)89-40-30-41-90(77-50-58-81(59-51-77)119(4,5)6)116(89)128-111-70-87(126-105-46-28-24-38-95(105)99-72-97-93-36-22-26-44-103(93)124(107(97)74-109(99)126)85-32-18-16-19-33-85)64-66-101(111)123-102-67-65-88(127-106-47-29-25-39-96(106)100-73-98-94-37-23-27-45-104(94)125(108(98)75-110(100)127)86-34-20-17-21-35-86)71-112(102)129(114-69-84(122(13,14)15)68-113(128)115(114)123)117-91(78-52-60-82(61-53-78)120(7,8)9)42-31-43-92(117)79-54-62-83(63-55-79)121(10,11)12/h16-75H,1-15H3. The molecule has 2 aliphatic rings. The molecule has 129 heavy (non-hydrogen) atoms. The first kappa shape index (κ1) is 79.3. The molecule has 23 rings (SSSR count). The normalized spacial score (nSPS) is 13.2. The maximum atomic E-state index is 2.76. The summed E-state index contributed by atoms with van der Waals surface area (Å²) in [6, 6.07) is 141. The second kappa shape index (κ2) is 29.1. The zero-order valence-electron chi connectivity index (χ0n) is 76.4. The van der Waals surface area contributed by atoms with E-state index >= 15 is 0 Å². The number of anilines is 6. The van der Waals surface area contributed by atoms with Gasteiger partial charge >= 0.3 is 0 Å². The van der Waals surface area contributed by atoms with Crippen LogP contribution in [0.15, 0.2) is 364 Å². The molecule has 7 heteroatoms. The van der Waals surface area contributed by atoms with Crippen LogP contribution in [0.2, 0.25) is 0 Å². The van der Waals surface area contributed by atoms with Gasteiger partial charge in [0.25, 0.3) is 6.71 Å². The molecule has 6 heterocycles. The van der Waals surface area contributed by atoms with Crippen LogP contribution in [0.25, 0.3) is 154 Å². The minimum atomic E-state index is -0.391. The molecule has 0 fully saturated rings. The van der Waals surface area contributed by atoms with Gasteiger partial charge in [-0.2, -0.15) is 0 Å². The molecule has 6 nitrogen and oxygen atoms in total. The molecule has 0 aliphatic carbocycles. The van der Waals surface area contributed by atoms with Crippen LogP contribution in [0, 0.1) is 0 Å². The van der Waals surface area contributed by atoms with Gasteiger partial charge in [-0.3, -0.25) is 0 Å². The Balaban J connectivity index is 0.873. The first-order chi connectivity index (χ1) is 62.2. The Morgan fingerprint density at radius 3 is 0.729 bits per heavy atom. The van der Waals surface area contributed by atoms with Gasteiger partial charge in [0.15, 0.2) is 0 Å². The van der Waals surface area contributed by atoms with E-state index in [1.807, 2.05) is 0 Å². The highest BCUT2D eigenvalue weighted by Crippen LogP contribution is 2.56. The topological polar surface area (TPSA) is 26.2 Å². The van der Waals surface area contributed by atoms with Crippen molar-refractivity contribution in [3.63, 3.8) is 0 Å². The first-order valence-corrected chi connectivity index (χ1v) is 46.0. The largest absolute Gasteiger partial charge is 0.310 e. The molecular formula is C122H105BN6. The molecule has 0 unspecified atom stereocenters. The molecule has 2 aliphatic heterocycles. The third-order valence-corrected chi connectivity index (χ3v) is 28.1. The third kappa shape index (κ3) is 12.7. The van der Waals surface area contributed by atoms with Gasteiger partial charge in [-0.1, -0.05) is 359 Å². The molecule has 0 saturated carbocycles. The van der Waals surface area contributed by atoms with E-state index in [2.05, 4.69) is 496 Å². The van der Waals surface area contributed by atoms with Crippen LogP contribution in [0.4, 0.5) is 34.1 Å². The number of hydrogen-bond donors (Lipinski definition) is 0. The average molecular weight is 1670 g/mol. The zero-order chi connectivity index (χ0) is 88.2. The van der Waals surface area contributed by atoms with Crippen molar-refractivity contribution in [1.29, 1.82) is 0 Å². The SMILES string of the molecule is CC(C)(C)c1ccc(-c2cccc(-c3ccc(C(C)(C)C)cc3)c2N2c3cc(-n4c5ccccc5c5cc6c7ccccc7n(-c7ccccc7)c6cc54)ccc3B3c4ccc(-n5c6ccccc6c6cc7c8ccccc8n(-c8ccccc8)c7cc65)cc4N(c4c(-c5ccc(C(C)(C)C)cc5)cccc4-c4ccc(C(C)(C)C)cc4)c4cc(C(C)(C)C)cc2c43)cc1. The van der Waals surface area contributed by atoms with Crippen LogP contribution >= 0.6 is 0 Å². The summed E-state index contributed by atoms with van der Waals surface area (Å²) in [5.74, 6) is 0. The molecule has 0 amide bonds. The number of benzene rings is 17. The zero-order valence-corrected chi connectivity index (χ0v) is 76.4. The van der Waals surface area contributed by atoms with Crippen LogP contribution in [0.3, 0.4) is 0 Å². The number of aromatic nitrogens is 4. The molecule has 0 radical (unpaired) electrons. The van der Waals surface area contributed by atoms with Gasteiger partial charge in [0.05, 0.1) is 55.5 Å². The predicted octanol–water partition coefficient (Wildman–Crippen LogP) is 31.3. The highest BCUT2D eigenvalue weighted by molar-refractivity contribution is 7.00. The lowest BCUT2D eigenvalue weighted by Crippen LogP contribution is -2.61. The van der Waals surface area contributed by atoms with Crippen molar-refractivity contribution < 1.29 is 0 Å².